The molecular formula is C28H30N6O2. The molecule has 0 aliphatic rings. The van der Waals surface area contributed by atoms with Crippen molar-refractivity contribution in [3.05, 3.63) is 81.7 Å². The van der Waals surface area contributed by atoms with E-state index in [1.54, 1.807) is 12.4 Å². The van der Waals surface area contributed by atoms with Crippen LogP contribution in [0, 0.1) is 6.92 Å². The molecule has 3 N–H and O–H groups in total. The lowest BCUT2D eigenvalue weighted by molar-refractivity contribution is 0.0952. The van der Waals surface area contributed by atoms with E-state index in [0.717, 1.165) is 57.2 Å². The minimum absolute atomic E-state index is 0.127. The van der Waals surface area contributed by atoms with E-state index in [1.807, 2.05) is 36.0 Å². The third-order valence-electron chi connectivity index (χ3n) is 6.49. The maximum Gasteiger partial charge on any atom is 0.253 e. The van der Waals surface area contributed by atoms with Crippen molar-refractivity contribution in [1.29, 1.82) is 0 Å². The Labute approximate surface area is 208 Å². The molecule has 1 aromatic carbocycles. The van der Waals surface area contributed by atoms with Gasteiger partial charge in [-0.25, -0.2) is 4.98 Å². The Kier molecular flexibility index (Phi) is 6.18. The number of aryl methyl sites for hydroxylation is 2. The van der Waals surface area contributed by atoms with E-state index in [9.17, 15) is 9.59 Å². The number of benzene rings is 1. The van der Waals surface area contributed by atoms with Gasteiger partial charge in [-0.05, 0) is 68.7 Å². The molecule has 0 fully saturated rings. The second-order valence-electron chi connectivity index (χ2n) is 9.50. The van der Waals surface area contributed by atoms with Crippen molar-refractivity contribution in [3.63, 3.8) is 0 Å². The van der Waals surface area contributed by atoms with Gasteiger partial charge in [0.05, 0.1) is 17.3 Å². The van der Waals surface area contributed by atoms with Crippen LogP contribution in [0.3, 0.4) is 0 Å². The van der Waals surface area contributed by atoms with Crippen LogP contribution >= 0.6 is 0 Å². The monoisotopic (exact) mass is 482 g/mol. The number of hydrogen-bond donors (Lipinski definition) is 3. The second-order valence-corrected chi connectivity index (χ2v) is 9.50. The van der Waals surface area contributed by atoms with Gasteiger partial charge in [-0.1, -0.05) is 13.3 Å². The van der Waals surface area contributed by atoms with E-state index in [4.69, 9.17) is 0 Å². The molecule has 0 atom stereocenters. The molecule has 0 spiro atoms. The van der Waals surface area contributed by atoms with Crippen molar-refractivity contribution >= 4 is 27.8 Å². The van der Waals surface area contributed by atoms with Crippen LogP contribution in [0.2, 0.25) is 0 Å². The van der Waals surface area contributed by atoms with E-state index in [0.29, 0.717) is 11.1 Å². The maximum absolute atomic E-state index is 13.5. The van der Waals surface area contributed by atoms with E-state index < -0.39 is 0 Å². The number of pyridine rings is 2. The van der Waals surface area contributed by atoms with Crippen LogP contribution in [0.4, 0.5) is 0 Å². The second kappa shape index (κ2) is 9.45. The smallest absolute Gasteiger partial charge is 0.253 e. The largest absolute Gasteiger partial charge is 0.348 e. The van der Waals surface area contributed by atoms with Crippen LogP contribution in [-0.4, -0.2) is 30.6 Å². The van der Waals surface area contributed by atoms with Crippen LogP contribution in [0.25, 0.3) is 33.1 Å². The number of rotatable bonds is 7. The van der Waals surface area contributed by atoms with Gasteiger partial charge in [-0.2, -0.15) is 5.10 Å². The molecule has 5 rings (SSSR count). The topological polar surface area (TPSA) is 108 Å². The number of amides is 1. The zero-order chi connectivity index (χ0) is 25.4. The van der Waals surface area contributed by atoms with E-state index in [1.165, 1.54) is 0 Å². The highest BCUT2D eigenvalue weighted by Gasteiger charge is 2.19. The van der Waals surface area contributed by atoms with Crippen molar-refractivity contribution < 1.29 is 4.79 Å². The first-order valence-electron chi connectivity index (χ1n) is 12.3. The zero-order valence-electron chi connectivity index (χ0n) is 21.0. The van der Waals surface area contributed by atoms with Gasteiger partial charge in [-0.15, -0.1) is 0 Å². The maximum atomic E-state index is 13.5. The van der Waals surface area contributed by atoms with Crippen molar-refractivity contribution in [3.8, 4) is 11.1 Å². The van der Waals surface area contributed by atoms with Crippen LogP contribution in [0.5, 0.6) is 0 Å². The van der Waals surface area contributed by atoms with Crippen molar-refractivity contribution in [2.45, 2.75) is 53.1 Å². The third-order valence-corrected chi connectivity index (χ3v) is 6.49. The highest BCUT2D eigenvalue weighted by atomic mass is 16.1. The first-order valence-corrected chi connectivity index (χ1v) is 12.3. The van der Waals surface area contributed by atoms with Gasteiger partial charge in [0.15, 0.2) is 0 Å². The van der Waals surface area contributed by atoms with Crippen molar-refractivity contribution in [1.82, 2.24) is 30.0 Å². The Morgan fingerprint density at radius 1 is 1.14 bits per heavy atom. The summed E-state index contributed by atoms with van der Waals surface area (Å²) in [5.74, 6) is -0.247. The summed E-state index contributed by atoms with van der Waals surface area (Å²) < 4.78 is 1.92. The lowest BCUT2D eigenvalue weighted by atomic mass is 9.99. The van der Waals surface area contributed by atoms with Crippen LogP contribution in [0.1, 0.15) is 60.4 Å². The Morgan fingerprint density at radius 2 is 1.97 bits per heavy atom. The number of carbonyl (C=O) groups excluding carboxylic acids is 1. The standard InChI is InChI=1S/C28H30N6O2/c1-5-6-18-9-17(4)33-28(36)23(18)14-31-27(35)22-11-20(12-25-24(22)15-32-34(25)16(2)3)21-10-19-7-8-29-26(19)30-13-21/h7-13,15-16H,5-6,14H2,1-4H3,(H,29,30)(H,31,35)(H,33,36). The molecule has 0 saturated heterocycles. The Hall–Kier alpha value is -4.20. The highest BCUT2D eigenvalue weighted by molar-refractivity contribution is 6.08. The molecule has 0 aliphatic carbocycles. The number of nitrogens with zero attached hydrogens (tertiary/aromatic N) is 3. The molecule has 8 nitrogen and oxygen atoms in total. The lowest BCUT2D eigenvalue weighted by Gasteiger charge is -2.13. The summed E-state index contributed by atoms with van der Waals surface area (Å²) in [5.41, 5.74) is 6.24. The molecule has 4 aromatic heterocycles. The van der Waals surface area contributed by atoms with Crippen LogP contribution in [-0.2, 0) is 13.0 Å². The highest BCUT2D eigenvalue weighted by Crippen LogP contribution is 2.30. The predicted octanol–water partition coefficient (Wildman–Crippen LogP) is 5.04. The molecule has 1 amide bonds. The molecule has 0 saturated carbocycles. The SMILES string of the molecule is CCCc1cc(C)[nH]c(=O)c1CNC(=O)c1cc(-c2cnc3[nH]ccc3c2)cc2c1cnn2C(C)C. The number of nitrogens with one attached hydrogen (secondary N) is 3. The summed E-state index contributed by atoms with van der Waals surface area (Å²) in [6.07, 6.45) is 7.10. The average Bonchev–Trinajstić information content (AvgIpc) is 3.49. The van der Waals surface area contributed by atoms with E-state index >= 15 is 0 Å². The summed E-state index contributed by atoms with van der Waals surface area (Å²) in [6.45, 7) is 8.23. The Morgan fingerprint density at radius 3 is 2.75 bits per heavy atom. The molecule has 5 aromatic rings. The van der Waals surface area contributed by atoms with Gasteiger partial charge in [0.25, 0.3) is 11.5 Å². The van der Waals surface area contributed by atoms with E-state index in [2.05, 4.69) is 58.3 Å². The summed E-state index contributed by atoms with van der Waals surface area (Å²) in [7, 11) is 0. The lowest BCUT2D eigenvalue weighted by Crippen LogP contribution is -2.28. The molecule has 8 heteroatoms. The number of aromatic nitrogens is 5. The van der Waals surface area contributed by atoms with Crippen molar-refractivity contribution in [2.75, 3.05) is 0 Å². The normalized spacial score (nSPS) is 11.6. The van der Waals surface area contributed by atoms with Crippen molar-refractivity contribution in [2.24, 2.45) is 0 Å². The summed E-state index contributed by atoms with van der Waals surface area (Å²) in [6, 6.07) is 10.1. The predicted molar refractivity (Wildman–Crippen MR) is 142 cm³/mol. The molecule has 184 valence electrons. The molecule has 0 unspecified atom stereocenters. The van der Waals surface area contributed by atoms with Gasteiger partial charge in [-0.3, -0.25) is 14.3 Å². The Balaban J connectivity index is 1.56. The molecule has 0 aliphatic heterocycles. The fourth-order valence-electron chi connectivity index (χ4n) is 4.74. The number of fused-ring (bicyclic) bond motifs is 2. The first-order chi connectivity index (χ1) is 17.4. The molecule has 36 heavy (non-hydrogen) atoms. The first kappa shape index (κ1) is 23.5. The quantitative estimate of drug-likeness (QED) is 0.302. The zero-order valence-corrected chi connectivity index (χ0v) is 21.0. The molecular weight excluding hydrogens is 452 g/mol. The van der Waals surface area contributed by atoms with Gasteiger partial charge < -0.3 is 15.3 Å². The number of carbonyl (C=O) groups is 1. The Bertz CT molecular complexity index is 1640. The van der Waals surface area contributed by atoms with Gasteiger partial charge in [0.1, 0.15) is 5.65 Å². The van der Waals surface area contributed by atoms with Gasteiger partial charge in [0, 0.05) is 52.6 Å². The summed E-state index contributed by atoms with van der Waals surface area (Å²) in [5, 5.41) is 9.32. The number of hydrogen-bond acceptors (Lipinski definition) is 4. The van der Waals surface area contributed by atoms with Crippen LogP contribution < -0.4 is 10.9 Å². The number of H-pyrrole nitrogens is 2. The van der Waals surface area contributed by atoms with Gasteiger partial charge >= 0.3 is 0 Å². The number of aromatic amines is 2. The summed E-state index contributed by atoms with van der Waals surface area (Å²) >= 11 is 0. The van der Waals surface area contributed by atoms with Gasteiger partial charge in [0.2, 0.25) is 0 Å². The summed E-state index contributed by atoms with van der Waals surface area (Å²) in [4.78, 5) is 36.7. The fraction of sp³-hybridized carbons (Fsp3) is 0.286. The van der Waals surface area contributed by atoms with E-state index in [-0.39, 0.29) is 24.1 Å². The average molecular weight is 483 g/mol. The molecule has 0 radical (unpaired) electrons. The molecule has 0 bridgehead atoms. The fourth-order valence-corrected chi connectivity index (χ4v) is 4.74. The minimum Gasteiger partial charge on any atom is -0.348 e. The third kappa shape index (κ3) is 4.30. The van der Waals surface area contributed by atoms with Crippen LogP contribution in [0.15, 0.2) is 53.7 Å². The molecule has 4 heterocycles. The minimum atomic E-state index is -0.247.